The maximum absolute atomic E-state index is 12.7. The fourth-order valence-electron chi connectivity index (χ4n) is 4.13. The Morgan fingerprint density at radius 3 is 2.59 bits per heavy atom. The van der Waals surface area contributed by atoms with Gasteiger partial charge in [-0.15, -0.1) is 0 Å². The van der Waals surface area contributed by atoms with Crippen molar-refractivity contribution in [3.05, 3.63) is 29.8 Å². The molecule has 1 heterocycles. The number of aryl methyl sites for hydroxylation is 1. The fourth-order valence-corrected chi connectivity index (χ4v) is 4.13. The summed E-state index contributed by atoms with van der Waals surface area (Å²) in [6.07, 6.45) is 4.22. The molecule has 2 N–H and O–H groups in total. The van der Waals surface area contributed by atoms with Gasteiger partial charge in [0, 0.05) is 31.7 Å². The number of nitrogens with one attached hydrogen (secondary N) is 2. The van der Waals surface area contributed by atoms with E-state index in [2.05, 4.69) is 16.7 Å². The van der Waals surface area contributed by atoms with Crippen molar-refractivity contribution in [2.45, 2.75) is 57.0 Å². The van der Waals surface area contributed by atoms with E-state index in [-0.39, 0.29) is 23.9 Å². The fraction of sp³-hybridized carbons (Fsp3) is 0.591. The lowest BCUT2D eigenvalue weighted by molar-refractivity contribution is -0.133. The highest BCUT2D eigenvalue weighted by Gasteiger charge is 2.42. The molecule has 0 aromatic heterocycles. The lowest BCUT2D eigenvalue weighted by Crippen LogP contribution is -2.47. The highest BCUT2D eigenvalue weighted by molar-refractivity contribution is 5.85. The Morgan fingerprint density at radius 2 is 1.90 bits per heavy atom. The summed E-state index contributed by atoms with van der Waals surface area (Å²) in [4.78, 5) is 25.0. The van der Waals surface area contributed by atoms with Crippen LogP contribution in [0.5, 0.6) is 5.75 Å². The Bertz CT molecular complexity index is 768. The SMILES string of the molecule is COc1ccccc1CCC(=O)N[C@@H]1CC[C@H](NC(=O)C2(C#N)CCOCC2)C1. The van der Waals surface area contributed by atoms with E-state index in [9.17, 15) is 14.9 Å². The molecular weight excluding hydrogens is 370 g/mol. The first-order chi connectivity index (χ1) is 14.1. The van der Waals surface area contributed by atoms with Gasteiger partial charge in [0.2, 0.25) is 11.8 Å². The van der Waals surface area contributed by atoms with Gasteiger partial charge in [-0.1, -0.05) is 18.2 Å². The Morgan fingerprint density at radius 1 is 1.21 bits per heavy atom. The van der Waals surface area contributed by atoms with Crippen molar-refractivity contribution in [1.29, 1.82) is 5.26 Å². The van der Waals surface area contributed by atoms with Crippen molar-refractivity contribution in [3.63, 3.8) is 0 Å². The Hall–Kier alpha value is -2.59. The van der Waals surface area contributed by atoms with E-state index in [1.165, 1.54) is 0 Å². The molecule has 0 spiro atoms. The van der Waals surface area contributed by atoms with Crippen molar-refractivity contribution in [3.8, 4) is 11.8 Å². The van der Waals surface area contributed by atoms with Gasteiger partial charge < -0.3 is 20.1 Å². The molecule has 2 atom stereocenters. The number of nitrogens with zero attached hydrogens (tertiary/aromatic N) is 1. The monoisotopic (exact) mass is 399 g/mol. The molecule has 0 unspecified atom stereocenters. The minimum absolute atomic E-state index is 0.00455. The standard InChI is InChI=1S/C22H29N3O4/c1-28-19-5-3-2-4-16(19)6-9-20(26)24-17-7-8-18(14-17)25-21(27)22(15-23)10-12-29-13-11-22/h2-5,17-18H,6-14H2,1H3,(H,24,26)(H,25,27)/t17-,18+/m1/s1. The highest BCUT2D eigenvalue weighted by atomic mass is 16.5. The Kier molecular flexibility index (Phi) is 7.10. The van der Waals surface area contributed by atoms with Crippen LogP contribution in [0.15, 0.2) is 24.3 Å². The first-order valence-corrected chi connectivity index (χ1v) is 10.3. The summed E-state index contributed by atoms with van der Waals surface area (Å²) in [6, 6.07) is 9.96. The molecule has 1 saturated carbocycles. The second-order valence-electron chi connectivity index (χ2n) is 7.87. The summed E-state index contributed by atoms with van der Waals surface area (Å²) < 4.78 is 10.6. The number of hydrogen-bond acceptors (Lipinski definition) is 5. The lowest BCUT2D eigenvalue weighted by Gasteiger charge is -2.30. The van der Waals surface area contributed by atoms with Crippen molar-refractivity contribution >= 4 is 11.8 Å². The zero-order valence-corrected chi connectivity index (χ0v) is 16.9. The van der Waals surface area contributed by atoms with Crippen LogP contribution in [-0.2, 0) is 20.7 Å². The molecule has 2 amide bonds. The molecule has 7 nitrogen and oxygen atoms in total. The minimum atomic E-state index is -0.978. The molecule has 1 aromatic carbocycles. The summed E-state index contributed by atoms with van der Waals surface area (Å²) in [6.45, 7) is 0.882. The van der Waals surface area contributed by atoms with Gasteiger partial charge in [0.05, 0.1) is 13.2 Å². The summed E-state index contributed by atoms with van der Waals surface area (Å²) in [5.74, 6) is 0.603. The molecule has 2 fully saturated rings. The summed E-state index contributed by atoms with van der Waals surface area (Å²) in [5, 5.41) is 15.6. The number of carbonyl (C=O) groups excluding carboxylic acids is 2. The molecule has 29 heavy (non-hydrogen) atoms. The number of methoxy groups -OCH3 is 1. The number of benzene rings is 1. The molecule has 0 radical (unpaired) electrons. The number of nitriles is 1. The molecule has 1 aromatic rings. The second kappa shape index (κ2) is 9.75. The maximum Gasteiger partial charge on any atom is 0.240 e. The van der Waals surface area contributed by atoms with Crippen LogP contribution in [0.3, 0.4) is 0 Å². The van der Waals surface area contributed by atoms with Crippen molar-refractivity contribution < 1.29 is 19.1 Å². The molecular formula is C22H29N3O4. The van der Waals surface area contributed by atoms with Crippen LogP contribution in [0.25, 0.3) is 0 Å². The average Bonchev–Trinajstić information content (AvgIpc) is 3.19. The van der Waals surface area contributed by atoms with Gasteiger partial charge in [0.15, 0.2) is 0 Å². The van der Waals surface area contributed by atoms with Gasteiger partial charge in [-0.3, -0.25) is 9.59 Å². The van der Waals surface area contributed by atoms with Crippen molar-refractivity contribution in [1.82, 2.24) is 10.6 Å². The van der Waals surface area contributed by atoms with E-state index in [0.717, 1.165) is 24.2 Å². The van der Waals surface area contributed by atoms with Crippen LogP contribution < -0.4 is 15.4 Å². The Labute approximate surface area is 171 Å². The molecule has 1 aliphatic heterocycles. The number of hydrogen-bond donors (Lipinski definition) is 2. The van der Waals surface area contributed by atoms with E-state index in [0.29, 0.717) is 45.3 Å². The van der Waals surface area contributed by atoms with E-state index in [4.69, 9.17) is 9.47 Å². The number of para-hydroxylation sites is 1. The van der Waals surface area contributed by atoms with E-state index in [1.807, 2.05) is 24.3 Å². The van der Waals surface area contributed by atoms with Crippen molar-refractivity contribution in [2.75, 3.05) is 20.3 Å². The third kappa shape index (κ3) is 5.27. The van der Waals surface area contributed by atoms with Gasteiger partial charge in [-0.2, -0.15) is 5.26 Å². The van der Waals surface area contributed by atoms with Crippen LogP contribution in [0.2, 0.25) is 0 Å². The minimum Gasteiger partial charge on any atom is -0.496 e. The molecule has 156 valence electrons. The van der Waals surface area contributed by atoms with E-state index < -0.39 is 5.41 Å². The molecule has 1 saturated heterocycles. The topological polar surface area (TPSA) is 100 Å². The Balaban J connectivity index is 1.44. The number of amides is 2. The number of rotatable bonds is 7. The van der Waals surface area contributed by atoms with E-state index >= 15 is 0 Å². The number of ether oxygens (including phenoxy) is 2. The summed E-state index contributed by atoms with van der Waals surface area (Å²) in [7, 11) is 1.63. The van der Waals surface area contributed by atoms with Gasteiger partial charge in [-0.05, 0) is 50.2 Å². The molecule has 1 aliphatic carbocycles. The lowest BCUT2D eigenvalue weighted by atomic mass is 9.80. The second-order valence-corrected chi connectivity index (χ2v) is 7.87. The van der Waals surface area contributed by atoms with Crippen molar-refractivity contribution in [2.24, 2.45) is 5.41 Å². The predicted molar refractivity (Wildman–Crippen MR) is 107 cm³/mol. The zero-order chi connectivity index (χ0) is 20.7. The van der Waals surface area contributed by atoms with Crippen LogP contribution in [-0.4, -0.2) is 44.2 Å². The van der Waals surface area contributed by atoms with Gasteiger partial charge in [0.1, 0.15) is 11.2 Å². The average molecular weight is 399 g/mol. The van der Waals surface area contributed by atoms with Crippen LogP contribution >= 0.6 is 0 Å². The van der Waals surface area contributed by atoms with E-state index in [1.54, 1.807) is 7.11 Å². The zero-order valence-electron chi connectivity index (χ0n) is 16.9. The predicted octanol–water partition coefficient (Wildman–Crippen LogP) is 2.10. The van der Waals surface area contributed by atoms with Crippen LogP contribution in [0.1, 0.15) is 44.1 Å². The van der Waals surface area contributed by atoms with Crippen LogP contribution in [0.4, 0.5) is 0 Å². The normalized spacial score (nSPS) is 23.0. The molecule has 0 bridgehead atoms. The highest BCUT2D eigenvalue weighted by Crippen LogP contribution is 2.31. The third-order valence-corrected chi connectivity index (χ3v) is 5.94. The number of carbonyl (C=O) groups is 2. The molecule has 2 aliphatic rings. The largest absolute Gasteiger partial charge is 0.496 e. The third-order valence-electron chi connectivity index (χ3n) is 5.94. The maximum atomic E-state index is 12.7. The molecule has 3 rings (SSSR count). The summed E-state index contributed by atoms with van der Waals surface area (Å²) >= 11 is 0. The first-order valence-electron chi connectivity index (χ1n) is 10.3. The van der Waals surface area contributed by atoms with Crippen LogP contribution in [0, 0.1) is 16.7 Å². The first kappa shape index (κ1) is 21.1. The van der Waals surface area contributed by atoms with Gasteiger partial charge in [-0.25, -0.2) is 0 Å². The smallest absolute Gasteiger partial charge is 0.240 e. The molecule has 7 heteroatoms. The van der Waals surface area contributed by atoms with Gasteiger partial charge >= 0.3 is 0 Å². The van der Waals surface area contributed by atoms with Gasteiger partial charge in [0.25, 0.3) is 0 Å². The quantitative estimate of drug-likeness (QED) is 0.731. The summed E-state index contributed by atoms with van der Waals surface area (Å²) in [5.41, 5.74) is 0.0360.